The van der Waals surface area contributed by atoms with Gasteiger partial charge < -0.3 is 29.2 Å². The van der Waals surface area contributed by atoms with Gasteiger partial charge in [-0.3, -0.25) is 35.1 Å². The van der Waals surface area contributed by atoms with Gasteiger partial charge in [-0.2, -0.15) is 0 Å². The molecule has 0 aliphatic rings. The van der Waals surface area contributed by atoms with Gasteiger partial charge in [0.1, 0.15) is 11.9 Å². The summed E-state index contributed by atoms with van der Waals surface area (Å²) in [6.07, 6.45) is -2.65. The van der Waals surface area contributed by atoms with Crippen molar-refractivity contribution in [2.24, 2.45) is 0 Å². The Morgan fingerprint density at radius 1 is 0.857 bits per heavy atom. The zero-order valence-electron chi connectivity index (χ0n) is 31.0. The van der Waals surface area contributed by atoms with E-state index in [4.69, 9.17) is 18.9 Å². The molecule has 0 aromatic heterocycles. The highest BCUT2D eigenvalue weighted by Gasteiger charge is 2.32. The van der Waals surface area contributed by atoms with Gasteiger partial charge in [0.15, 0.2) is 5.75 Å². The lowest BCUT2D eigenvalue weighted by molar-refractivity contribution is -0.394. The molecule has 296 valence electrons. The number of nitrogens with zero attached hydrogens (tertiary/aromatic N) is 3. The molecule has 0 saturated carbocycles. The second-order valence-electron chi connectivity index (χ2n) is 11.9. The summed E-state index contributed by atoms with van der Waals surface area (Å²) in [5.74, 6) is -2.37. The van der Waals surface area contributed by atoms with E-state index in [1.165, 1.54) is 44.4 Å². The third kappa shape index (κ3) is 10.6. The number of carbonyl (C=O) groups is 3. The van der Waals surface area contributed by atoms with E-state index >= 15 is 0 Å². The van der Waals surface area contributed by atoms with Crippen LogP contribution >= 0.6 is 0 Å². The molecule has 0 spiro atoms. The summed E-state index contributed by atoms with van der Waals surface area (Å²) in [6, 6.07) is 16.3. The molecule has 0 heterocycles. The van der Waals surface area contributed by atoms with Crippen LogP contribution in [0.15, 0.2) is 72.8 Å². The van der Waals surface area contributed by atoms with Crippen molar-refractivity contribution in [3.8, 4) is 17.2 Å². The third-order valence-corrected chi connectivity index (χ3v) is 8.66. The number of para-hydroxylation sites is 1. The number of ether oxygens (including phenoxy) is 4. The van der Waals surface area contributed by atoms with Gasteiger partial charge in [0.2, 0.25) is 15.8 Å². The summed E-state index contributed by atoms with van der Waals surface area (Å²) >= 11 is 0. The number of sulfonamides is 1. The van der Waals surface area contributed by atoms with Crippen molar-refractivity contribution in [3.63, 3.8) is 0 Å². The molecule has 4 aromatic rings. The number of carbonyl (C=O) groups excluding carboxylic acids is 3. The Hall–Kier alpha value is -6.96. The van der Waals surface area contributed by atoms with Crippen LogP contribution < -0.4 is 34.5 Å². The lowest BCUT2D eigenvalue weighted by Crippen LogP contribution is -2.23. The molecule has 2 amide bonds. The summed E-state index contributed by atoms with van der Waals surface area (Å²) in [6.45, 7) is 8.60. The average molecular weight is 795 g/mol. The highest BCUT2D eigenvalue weighted by Crippen LogP contribution is 2.38. The summed E-state index contributed by atoms with van der Waals surface area (Å²) in [4.78, 5) is 63.9. The Balaban J connectivity index is 1.65. The van der Waals surface area contributed by atoms with Gasteiger partial charge in [0.25, 0.3) is 11.6 Å². The lowest BCUT2D eigenvalue weighted by atomic mass is 10.1. The molecular weight excluding hydrogens is 756 g/mol. The van der Waals surface area contributed by atoms with Gasteiger partial charge in [-0.1, -0.05) is 18.2 Å². The Bertz CT molecular complexity index is 2280. The quantitative estimate of drug-likeness (QED) is 0.0467. The summed E-state index contributed by atoms with van der Waals surface area (Å²) < 4.78 is 47.3. The molecule has 4 aromatic carbocycles. The molecule has 4 rings (SSSR count). The number of amides is 2. The normalized spacial score (nSPS) is 11.4. The third-order valence-electron chi connectivity index (χ3n) is 8.07. The first-order valence-corrected chi connectivity index (χ1v) is 18.6. The number of nitrogens with one attached hydrogen (secondary N) is 3. The zero-order chi connectivity index (χ0) is 41.3. The minimum absolute atomic E-state index is 0.144. The number of hydrogen-bond acceptors (Lipinski definition) is 14. The molecule has 1 unspecified atom stereocenters. The van der Waals surface area contributed by atoms with Gasteiger partial charge in [0.05, 0.1) is 46.2 Å². The number of non-ortho nitro benzene ring substituents is 1. The van der Waals surface area contributed by atoms with Gasteiger partial charge >= 0.3 is 17.9 Å². The molecule has 3 N–H and O–H groups in total. The Morgan fingerprint density at radius 2 is 1.54 bits per heavy atom. The van der Waals surface area contributed by atoms with E-state index in [2.05, 4.69) is 20.3 Å². The first-order valence-electron chi connectivity index (χ1n) is 16.7. The maximum atomic E-state index is 13.8. The van der Waals surface area contributed by atoms with E-state index in [0.717, 1.165) is 25.0 Å². The second kappa shape index (κ2) is 17.9. The number of anilines is 4. The van der Waals surface area contributed by atoms with Crippen LogP contribution in [0.3, 0.4) is 0 Å². The number of benzene rings is 4. The highest BCUT2D eigenvalue weighted by molar-refractivity contribution is 7.92. The second-order valence-corrected chi connectivity index (χ2v) is 13.7. The molecular formula is C36H38N6O13S. The van der Waals surface area contributed by atoms with Gasteiger partial charge in [-0.25, -0.2) is 18.0 Å². The van der Waals surface area contributed by atoms with E-state index < -0.39 is 66.8 Å². The van der Waals surface area contributed by atoms with Crippen LogP contribution in [0.2, 0.25) is 0 Å². The Kier molecular flexibility index (Phi) is 13.4. The SMILES string of the molecule is CCN(CC)c1ccc(NC(=O)Oc2c(C(=O)Nc3ccc(OC)cc3OC(=O)OC(C)c3ccccc3NS(C)(=O)=O)cc([N+](=O)[O-])cc2[N+](=O)[O-])c(C)c1. The fourth-order valence-electron chi connectivity index (χ4n) is 5.39. The summed E-state index contributed by atoms with van der Waals surface area (Å²) in [5, 5.41) is 28.7. The van der Waals surface area contributed by atoms with Crippen LogP contribution in [0.1, 0.15) is 48.4 Å². The first-order chi connectivity index (χ1) is 26.4. The van der Waals surface area contributed by atoms with E-state index in [0.29, 0.717) is 17.7 Å². The monoisotopic (exact) mass is 794 g/mol. The molecule has 0 radical (unpaired) electrons. The van der Waals surface area contributed by atoms with Gasteiger partial charge in [0, 0.05) is 42.2 Å². The highest BCUT2D eigenvalue weighted by atomic mass is 32.2. The van der Waals surface area contributed by atoms with Crippen molar-refractivity contribution in [2.75, 3.05) is 46.7 Å². The van der Waals surface area contributed by atoms with Crippen molar-refractivity contribution < 1.29 is 51.6 Å². The molecule has 1 atom stereocenters. The lowest BCUT2D eigenvalue weighted by Gasteiger charge is -2.22. The van der Waals surface area contributed by atoms with Crippen LogP contribution in [0.4, 0.5) is 43.7 Å². The average Bonchev–Trinajstić information content (AvgIpc) is 3.13. The molecule has 0 aliphatic heterocycles. The van der Waals surface area contributed by atoms with Gasteiger partial charge in [-0.15, -0.1) is 0 Å². The Labute approximate surface area is 320 Å². The number of nitro benzene ring substituents is 2. The van der Waals surface area contributed by atoms with Crippen LogP contribution in [0.5, 0.6) is 17.2 Å². The number of hydrogen-bond donors (Lipinski definition) is 3. The predicted molar refractivity (Wildman–Crippen MR) is 206 cm³/mol. The number of rotatable bonds is 15. The van der Waals surface area contributed by atoms with Crippen molar-refractivity contribution in [2.45, 2.75) is 33.8 Å². The minimum Gasteiger partial charge on any atom is -0.497 e. The van der Waals surface area contributed by atoms with E-state index in [1.54, 1.807) is 31.2 Å². The largest absolute Gasteiger partial charge is 0.514 e. The number of aryl methyl sites for hydroxylation is 1. The van der Waals surface area contributed by atoms with Crippen molar-refractivity contribution in [3.05, 3.63) is 110 Å². The topological polar surface area (TPSA) is 248 Å². The molecule has 20 heteroatoms. The Morgan fingerprint density at radius 3 is 2.14 bits per heavy atom. The van der Waals surface area contributed by atoms with E-state index in [-0.39, 0.29) is 34.1 Å². The number of nitro groups is 2. The predicted octanol–water partition coefficient (Wildman–Crippen LogP) is 7.18. The van der Waals surface area contributed by atoms with E-state index in [9.17, 15) is 43.0 Å². The van der Waals surface area contributed by atoms with Crippen LogP contribution in [0.25, 0.3) is 0 Å². The van der Waals surface area contributed by atoms with Crippen LogP contribution in [-0.2, 0) is 14.8 Å². The number of methoxy groups -OCH3 is 1. The minimum atomic E-state index is -3.69. The molecule has 19 nitrogen and oxygen atoms in total. The fraction of sp³-hybridized carbons (Fsp3) is 0.250. The fourth-order valence-corrected chi connectivity index (χ4v) is 5.98. The molecule has 0 saturated heterocycles. The van der Waals surface area contributed by atoms with Crippen LogP contribution in [-0.4, -0.2) is 62.9 Å². The maximum absolute atomic E-state index is 13.8. The van der Waals surface area contributed by atoms with Gasteiger partial charge in [-0.05, 0) is 69.7 Å². The first kappa shape index (κ1) is 41.8. The van der Waals surface area contributed by atoms with E-state index in [1.807, 2.05) is 19.9 Å². The molecule has 0 aliphatic carbocycles. The summed E-state index contributed by atoms with van der Waals surface area (Å²) in [5.41, 5.74) is -0.747. The smallest absolute Gasteiger partial charge is 0.497 e. The summed E-state index contributed by atoms with van der Waals surface area (Å²) in [7, 11) is -2.38. The van der Waals surface area contributed by atoms with Crippen LogP contribution in [0, 0.1) is 27.2 Å². The molecule has 0 bridgehead atoms. The zero-order valence-corrected chi connectivity index (χ0v) is 31.8. The molecule has 56 heavy (non-hydrogen) atoms. The maximum Gasteiger partial charge on any atom is 0.514 e. The van der Waals surface area contributed by atoms with Crippen molar-refractivity contribution in [1.82, 2.24) is 0 Å². The molecule has 0 fully saturated rings. The standard InChI is InChI=1S/C36H38N6O13S/c1-7-40(8-2)23-13-15-28(21(3)17-23)38-35(44)55-33-27(18-24(41(46)47)19-31(33)42(48)49)34(43)37-30-16-14-25(52-5)20-32(30)54-36(45)53-22(4)26-11-9-10-12-29(26)39-56(6,50)51/h9-20,22,39H,7-8H2,1-6H3,(H,37,43)(H,38,44). The van der Waals surface area contributed by atoms with Crippen molar-refractivity contribution in [1.29, 1.82) is 0 Å². The van der Waals surface area contributed by atoms with Crippen molar-refractivity contribution >= 4 is 62.3 Å².